The van der Waals surface area contributed by atoms with Crippen molar-refractivity contribution < 1.29 is 13.7 Å². The van der Waals surface area contributed by atoms with Crippen LogP contribution in [-0.2, 0) is 22.8 Å². The summed E-state index contributed by atoms with van der Waals surface area (Å²) < 4.78 is 21.6. The zero-order valence-electron chi connectivity index (χ0n) is 23.6. The minimum Gasteiger partial charge on any atom is -0.490 e. The lowest BCUT2D eigenvalue weighted by Gasteiger charge is -2.44. The van der Waals surface area contributed by atoms with E-state index in [0.717, 1.165) is 54.7 Å². The van der Waals surface area contributed by atoms with Crippen molar-refractivity contribution in [3.05, 3.63) is 58.1 Å². The third-order valence-electron chi connectivity index (χ3n) is 9.13. The Morgan fingerprint density at radius 2 is 2.00 bits per heavy atom. The molecule has 5 rings (SSSR count). The molecule has 4 unspecified atom stereocenters. The second-order valence-electron chi connectivity index (χ2n) is 12.2. The van der Waals surface area contributed by atoms with E-state index < -0.39 is 11.0 Å². The molecule has 7 heteroatoms. The van der Waals surface area contributed by atoms with Crippen LogP contribution < -0.4 is 14.4 Å². The average Bonchev–Trinajstić information content (AvgIpc) is 3.06. The molecule has 5 nitrogen and oxygen atoms in total. The van der Waals surface area contributed by atoms with Crippen LogP contribution in [0.25, 0.3) is 0 Å². The maximum atomic E-state index is 13.0. The maximum absolute atomic E-state index is 13.0. The summed E-state index contributed by atoms with van der Waals surface area (Å²) in [5.41, 5.74) is 4.07. The highest BCUT2D eigenvalue weighted by Gasteiger charge is 2.43. The average molecular weight is 571 g/mol. The fourth-order valence-corrected chi connectivity index (χ4v) is 7.45. The van der Waals surface area contributed by atoms with Crippen molar-refractivity contribution in [2.45, 2.75) is 89.2 Å². The number of unbranched alkanes of at least 4 members (excludes halogenated alkanes) is 2. The zero-order chi connectivity index (χ0) is 27.6. The lowest BCUT2D eigenvalue weighted by Crippen LogP contribution is -2.48. The van der Waals surface area contributed by atoms with Gasteiger partial charge in [0.05, 0.1) is 12.3 Å². The predicted molar refractivity (Wildman–Crippen MR) is 161 cm³/mol. The van der Waals surface area contributed by atoms with E-state index in [9.17, 15) is 9.00 Å². The minimum atomic E-state index is -1.42. The van der Waals surface area contributed by atoms with Crippen molar-refractivity contribution in [3.63, 3.8) is 0 Å². The molecule has 212 valence electrons. The Bertz CT molecular complexity index is 1220. The van der Waals surface area contributed by atoms with Gasteiger partial charge in [0.25, 0.3) is 5.91 Å². The number of hydrogen-bond acceptors (Lipinski definition) is 4. The van der Waals surface area contributed by atoms with Gasteiger partial charge in [-0.25, -0.2) is 4.21 Å². The summed E-state index contributed by atoms with van der Waals surface area (Å²) in [5.74, 6) is 1.96. The van der Waals surface area contributed by atoms with Gasteiger partial charge in [-0.05, 0) is 99.2 Å². The number of carbonyl (C=O) groups is 1. The van der Waals surface area contributed by atoms with Gasteiger partial charge in [0.1, 0.15) is 16.7 Å². The number of aryl methyl sites for hydroxylation is 1. The first-order chi connectivity index (χ1) is 18.8. The smallest absolute Gasteiger partial charge is 0.263 e. The molecule has 1 aliphatic heterocycles. The molecular weight excluding hydrogens is 528 g/mol. The first-order valence-corrected chi connectivity index (χ1v) is 16.4. The van der Waals surface area contributed by atoms with Crippen molar-refractivity contribution in [3.8, 4) is 5.75 Å². The van der Waals surface area contributed by atoms with Crippen LogP contribution >= 0.6 is 11.6 Å². The highest BCUT2D eigenvalue weighted by atomic mass is 35.5. The number of hydrogen-bond donors (Lipinski definition) is 1. The highest BCUT2D eigenvalue weighted by molar-refractivity contribution is 7.84. The van der Waals surface area contributed by atoms with Crippen molar-refractivity contribution >= 4 is 34.2 Å². The zero-order valence-corrected chi connectivity index (χ0v) is 25.2. The molecule has 2 aromatic rings. The third-order valence-corrected chi connectivity index (χ3v) is 10.6. The van der Waals surface area contributed by atoms with E-state index in [4.69, 9.17) is 16.3 Å². The Labute approximate surface area is 241 Å². The molecule has 1 N–H and O–H groups in total. The molecule has 0 radical (unpaired) electrons. The molecule has 0 saturated heterocycles. The Hall–Kier alpha value is -2.05. The molecular formula is C32H43ClN2O3S. The van der Waals surface area contributed by atoms with E-state index in [-0.39, 0.29) is 16.6 Å². The molecule has 1 spiro atoms. The molecule has 0 bridgehead atoms. The number of amides is 1. The monoisotopic (exact) mass is 570 g/mol. The van der Waals surface area contributed by atoms with Crippen LogP contribution in [0.4, 0.5) is 5.69 Å². The number of carbonyl (C=O) groups excluding carboxylic acids is 1. The van der Waals surface area contributed by atoms with Crippen molar-refractivity contribution in [1.82, 2.24) is 4.72 Å². The fraction of sp³-hybridized carbons (Fsp3) is 0.594. The molecule has 1 saturated carbocycles. The Morgan fingerprint density at radius 3 is 2.74 bits per heavy atom. The van der Waals surface area contributed by atoms with Gasteiger partial charge in [-0.15, -0.1) is 0 Å². The summed E-state index contributed by atoms with van der Waals surface area (Å²) in [6, 6.07) is 12.0. The van der Waals surface area contributed by atoms with Gasteiger partial charge >= 0.3 is 0 Å². The predicted octanol–water partition coefficient (Wildman–Crippen LogP) is 7.22. The highest BCUT2D eigenvalue weighted by Crippen LogP contribution is 2.46. The Morgan fingerprint density at radius 1 is 1.18 bits per heavy atom. The maximum Gasteiger partial charge on any atom is 0.263 e. The number of fused-ring (bicyclic) bond motifs is 3. The molecule has 39 heavy (non-hydrogen) atoms. The molecule has 3 aliphatic rings. The largest absolute Gasteiger partial charge is 0.490 e. The lowest BCUT2D eigenvalue weighted by molar-refractivity contribution is 0.0982. The lowest BCUT2D eigenvalue weighted by atomic mass is 9.68. The SMILES string of the molecule is CCCCCC1CCC1CN1CC2(CCCc3cc(Cl)ccc32)COc2ccc(C(=O)NS(=O)C(C)C)cc21. The van der Waals surface area contributed by atoms with Gasteiger partial charge in [-0.1, -0.05) is 50.3 Å². The molecule has 2 aromatic carbocycles. The molecule has 1 amide bonds. The van der Waals surface area contributed by atoms with Crippen LogP contribution in [0.15, 0.2) is 36.4 Å². The van der Waals surface area contributed by atoms with E-state index >= 15 is 0 Å². The van der Waals surface area contributed by atoms with Gasteiger partial charge < -0.3 is 9.64 Å². The van der Waals surface area contributed by atoms with E-state index in [1.807, 2.05) is 32.0 Å². The normalized spacial score (nSPS) is 24.8. The third kappa shape index (κ3) is 6.17. The number of nitrogens with one attached hydrogen (secondary N) is 1. The summed E-state index contributed by atoms with van der Waals surface area (Å²) in [7, 11) is -1.42. The van der Waals surface area contributed by atoms with Crippen LogP contribution in [0.1, 0.15) is 93.6 Å². The summed E-state index contributed by atoms with van der Waals surface area (Å²) in [4.78, 5) is 15.6. The number of anilines is 1. The number of rotatable bonds is 9. The molecule has 2 aliphatic carbocycles. The number of halogens is 1. The van der Waals surface area contributed by atoms with Gasteiger partial charge in [0.15, 0.2) is 0 Å². The van der Waals surface area contributed by atoms with E-state index in [1.54, 1.807) is 6.07 Å². The van der Waals surface area contributed by atoms with Gasteiger partial charge in [-0.3, -0.25) is 9.52 Å². The van der Waals surface area contributed by atoms with Crippen molar-refractivity contribution in [2.75, 3.05) is 24.6 Å². The fourth-order valence-electron chi connectivity index (χ4n) is 6.72. The van der Waals surface area contributed by atoms with Crippen LogP contribution in [0, 0.1) is 11.8 Å². The van der Waals surface area contributed by atoms with E-state index in [1.165, 1.54) is 49.7 Å². The number of benzene rings is 2. The molecule has 0 aromatic heterocycles. The standard InChI is InChI=1S/C32H43ClN2O3S/c1-4-5-6-8-23-10-11-26(23)19-35-20-32(16-7-9-24-17-27(33)13-14-28(24)32)21-38-30-15-12-25(18-29(30)35)31(36)34-39(37)22(2)3/h12-15,17-18,22-23,26H,4-11,16,19-21H2,1-3H3,(H,34,36). The quantitative estimate of drug-likeness (QED) is 0.323. The van der Waals surface area contributed by atoms with Crippen LogP contribution in [0.5, 0.6) is 5.75 Å². The minimum absolute atomic E-state index is 0.125. The number of ether oxygens (including phenoxy) is 1. The second kappa shape index (κ2) is 12.2. The number of nitrogens with zero attached hydrogens (tertiary/aromatic N) is 1. The van der Waals surface area contributed by atoms with Crippen LogP contribution in [-0.4, -0.2) is 35.1 Å². The van der Waals surface area contributed by atoms with Crippen LogP contribution in [0.2, 0.25) is 5.02 Å². The summed E-state index contributed by atoms with van der Waals surface area (Å²) in [6.45, 7) is 8.39. The molecule has 4 atom stereocenters. The molecule has 1 fully saturated rings. The van der Waals surface area contributed by atoms with E-state index in [0.29, 0.717) is 18.1 Å². The van der Waals surface area contributed by atoms with Crippen molar-refractivity contribution in [2.24, 2.45) is 11.8 Å². The van der Waals surface area contributed by atoms with Gasteiger partial charge in [-0.2, -0.15) is 0 Å². The van der Waals surface area contributed by atoms with Crippen LogP contribution in [0.3, 0.4) is 0 Å². The summed E-state index contributed by atoms with van der Waals surface area (Å²) in [6.07, 6.45) is 11.0. The first-order valence-electron chi connectivity index (χ1n) is 14.8. The van der Waals surface area contributed by atoms with Gasteiger partial charge in [0, 0.05) is 34.3 Å². The van der Waals surface area contributed by atoms with E-state index in [2.05, 4.69) is 28.7 Å². The Kier molecular flexibility index (Phi) is 8.92. The molecule has 1 heterocycles. The van der Waals surface area contributed by atoms with Gasteiger partial charge in [0.2, 0.25) is 0 Å². The summed E-state index contributed by atoms with van der Waals surface area (Å²) in [5, 5.41) is 0.650. The first kappa shape index (κ1) is 28.5. The topological polar surface area (TPSA) is 58.6 Å². The second-order valence-corrected chi connectivity index (χ2v) is 14.3. The summed E-state index contributed by atoms with van der Waals surface area (Å²) >= 11 is 6.40. The Balaban J connectivity index is 1.47. The van der Waals surface area contributed by atoms with Crippen molar-refractivity contribution in [1.29, 1.82) is 0 Å².